The molecular weight excluding hydrogens is 274 g/mol. The second-order valence-electron chi connectivity index (χ2n) is 3.56. The number of thiophene rings is 1. The van der Waals surface area contributed by atoms with Gasteiger partial charge in [0.25, 0.3) is 0 Å². The van der Waals surface area contributed by atoms with Gasteiger partial charge in [0.1, 0.15) is 4.21 Å². The first-order valence-electron chi connectivity index (χ1n) is 5.43. The van der Waals surface area contributed by atoms with Crippen molar-refractivity contribution in [2.75, 3.05) is 20.6 Å². The van der Waals surface area contributed by atoms with Crippen LogP contribution in [-0.4, -0.2) is 35.0 Å². The van der Waals surface area contributed by atoms with Crippen LogP contribution in [0.1, 0.15) is 11.3 Å². The lowest BCUT2D eigenvalue weighted by molar-refractivity contribution is -0.121. The van der Waals surface area contributed by atoms with E-state index in [0.29, 0.717) is 19.5 Å². The summed E-state index contributed by atoms with van der Waals surface area (Å²) >= 11 is 1.15. The molecule has 1 heterocycles. The van der Waals surface area contributed by atoms with Crippen molar-refractivity contribution in [3.63, 3.8) is 0 Å². The zero-order valence-corrected chi connectivity index (χ0v) is 12.0. The summed E-state index contributed by atoms with van der Waals surface area (Å²) in [6.45, 7) is 0.974. The average molecular weight is 291 g/mol. The van der Waals surface area contributed by atoms with Crippen molar-refractivity contribution >= 4 is 27.3 Å². The normalized spacial score (nSPS) is 11.4. The number of sulfonamides is 1. The highest BCUT2D eigenvalue weighted by Crippen LogP contribution is 2.20. The molecule has 102 valence electrons. The summed E-state index contributed by atoms with van der Waals surface area (Å²) in [6, 6.07) is 3.23. The maximum Gasteiger partial charge on any atom is 0.249 e. The molecule has 0 aliphatic heterocycles. The molecule has 1 aromatic rings. The second-order valence-corrected chi connectivity index (χ2v) is 6.84. The fraction of sp³-hybridized carbons (Fsp3) is 0.500. The Morgan fingerprint density at radius 3 is 2.67 bits per heavy atom. The van der Waals surface area contributed by atoms with Gasteiger partial charge in [-0.05, 0) is 26.2 Å². The Kier molecular flexibility index (Phi) is 5.73. The lowest BCUT2D eigenvalue weighted by Crippen LogP contribution is -2.25. The maximum absolute atomic E-state index is 11.5. The Bertz CT molecular complexity index is 496. The highest BCUT2D eigenvalue weighted by molar-refractivity contribution is 7.91. The Morgan fingerprint density at radius 1 is 1.33 bits per heavy atom. The van der Waals surface area contributed by atoms with Crippen LogP contribution in [0.5, 0.6) is 0 Å². The molecule has 3 N–H and O–H groups in total. The minimum absolute atomic E-state index is 0.0595. The summed E-state index contributed by atoms with van der Waals surface area (Å²) in [4.78, 5) is 12.2. The first-order chi connectivity index (χ1) is 8.49. The van der Waals surface area contributed by atoms with E-state index in [1.807, 2.05) is 0 Å². The SMILES string of the molecule is CNCCC(=O)NCc1ccc(S(=O)(=O)NC)s1. The van der Waals surface area contributed by atoms with Gasteiger partial charge in [-0.1, -0.05) is 0 Å². The molecule has 1 amide bonds. The summed E-state index contributed by atoms with van der Waals surface area (Å²) in [6.07, 6.45) is 0.406. The number of nitrogens with one attached hydrogen (secondary N) is 3. The highest BCUT2D eigenvalue weighted by Gasteiger charge is 2.14. The van der Waals surface area contributed by atoms with E-state index < -0.39 is 10.0 Å². The van der Waals surface area contributed by atoms with Crippen LogP contribution in [-0.2, 0) is 21.4 Å². The molecule has 0 spiro atoms. The lowest BCUT2D eigenvalue weighted by atomic mass is 10.4. The van der Waals surface area contributed by atoms with Crippen molar-refractivity contribution in [2.24, 2.45) is 0 Å². The van der Waals surface area contributed by atoms with Gasteiger partial charge in [0.05, 0.1) is 6.54 Å². The van der Waals surface area contributed by atoms with Crippen molar-refractivity contribution < 1.29 is 13.2 Å². The zero-order valence-electron chi connectivity index (χ0n) is 10.3. The number of amides is 1. The zero-order chi connectivity index (χ0) is 13.6. The van der Waals surface area contributed by atoms with E-state index in [9.17, 15) is 13.2 Å². The van der Waals surface area contributed by atoms with Crippen molar-refractivity contribution in [3.05, 3.63) is 17.0 Å². The molecule has 0 atom stereocenters. The van der Waals surface area contributed by atoms with Gasteiger partial charge in [-0.15, -0.1) is 11.3 Å². The molecule has 6 nitrogen and oxygen atoms in total. The van der Waals surface area contributed by atoms with Crippen molar-refractivity contribution in [1.29, 1.82) is 0 Å². The number of hydrogen-bond acceptors (Lipinski definition) is 5. The Balaban J connectivity index is 2.53. The fourth-order valence-corrected chi connectivity index (χ4v) is 3.34. The first-order valence-corrected chi connectivity index (χ1v) is 7.73. The van der Waals surface area contributed by atoms with E-state index in [0.717, 1.165) is 16.2 Å². The van der Waals surface area contributed by atoms with Gasteiger partial charge in [0.15, 0.2) is 0 Å². The molecule has 0 radical (unpaired) electrons. The molecule has 0 saturated heterocycles. The predicted molar refractivity (Wildman–Crippen MR) is 71.0 cm³/mol. The van der Waals surface area contributed by atoms with Gasteiger partial charge >= 0.3 is 0 Å². The first kappa shape index (κ1) is 15.1. The van der Waals surface area contributed by atoms with E-state index >= 15 is 0 Å². The van der Waals surface area contributed by atoms with E-state index in [2.05, 4.69) is 15.4 Å². The summed E-state index contributed by atoms with van der Waals surface area (Å²) in [5.74, 6) is -0.0595. The highest BCUT2D eigenvalue weighted by atomic mass is 32.2. The van der Waals surface area contributed by atoms with Gasteiger partial charge in [0, 0.05) is 17.8 Å². The second kappa shape index (κ2) is 6.83. The molecule has 0 unspecified atom stereocenters. The Hall–Kier alpha value is -0.960. The smallest absolute Gasteiger partial charge is 0.249 e. The summed E-state index contributed by atoms with van der Waals surface area (Å²) < 4.78 is 25.5. The molecule has 1 aromatic heterocycles. The average Bonchev–Trinajstić information content (AvgIpc) is 2.83. The van der Waals surface area contributed by atoms with Crippen LogP contribution in [0.15, 0.2) is 16.3 Å². The van der Waals surface area contributed by atoms with E-state index in [1.165, 1.54) is 13.1 Å². The Labute approximate surface area is 111 Å². The van der Waals surface area contributed by atoms with Crippen LogP contribution in [0.25, 0.3) is 0 Å². The van der Waals surface area contributed by atoms with Gasteiger partial charge in [0.2, 0.25) is 15.9 Å². The summed E-state index contributed by atoms with van der Waals surface area (Å²) in [5.41, 5.74) is 0. The van der Waals surface area contributed by atoms with Crippen molar-refractivity contribution in [3.8, 4) is 0 Å². The molecule has 18 heavy (non-hydrogen) atoms. The van der Waals surface area contributed by atoms with Gasteiger partial charge in [-0.25, -0.2) is 13.1 Å². The topological polar surface area (TPSA) is 87.3 Å². The van der Waals surface area contributed by atoms with Gasteiger partial charge < -0.3 is 10.6 Å². The third-order valence-electron chi connectivity index (χ3n) is 2.23. The summed E-state index contributed by atoms with van der Waals surface area (Å²) in [7, 11) is -0.236. The molecule has 0 saturated carbocycles. The van der Waals surface area contributed by atoms with Crippen LogP contribution >= 0.6 is 11.3 Å². The fourth-order valence-electron chi connectivity index (χ4n) is 1.21. The Morgan fingerprint density at radius 2 is 2.06 bits per heavy atom. The molecule has 0 fully saturated rings. The third-order valence-corrected chi connectivity index (χ3v) is 5.22. The standard InChI is InChI=1S/C10H17N3O3S2/c1-11-6-5-9(14)13-7-8-3-4-10(17-8)18(15,16)12-2/h3-4,11-12H,5-7H2,1-2H3,(H,13,14). The predicted octanol–water partition coefficient (Wildman–Crippen LogP) is -0.118. The number of carbonyl (C=O) groups is 1. The molecule has 0 aliphatic carbocycles. The van der Waals surface area contributed by atoms with Gasteiger partial charge in [-0.2, -0.15) is 0 Å². The molecule has 0 aliphatic rings. The van der Waals surface area contributed by atoms with E-state index in [4.69, 9.17) is 0 Å². The lowest BCUT2D eigenvalue weighted by Gasteiger charge is -2.02. The third kappa shape index (κ3) is 4.37. The molecule has 8 heteroatoms. The largest absolute Gasteiger partial charge is 0.351 e. The van der Waals surface area contributed by atoms with Crippen LogP contribution < -0.4 is 15.4 Å². The van der Waals surface area contributed by atoms with E-state index in [-0.39, 0.29) is 10.1 Å². The number of rotatable bonds is 7. The quantitative estimate of drug-likeness (QED) is 0.654. The summed E-state index contributed by atoms with van der Waals surface area (Å²) in [5, 5.41) is 5.62. The van der Waals surface area contributed by atoms with Crippen LogP contribution in [0.4, 0.5) is 0 Å². The molecule has 0 aromatic carbocycles. The molecule has 0 bridgehead atoms. The van der Waals surface area contributed by atoms with Crippen LogP contribution in [0, 0.1) is 0 Å². The maximum atomic E-state index is 11.5. The number of hydrogen-bond donors (Lipinski definition) is 3. The number of carbonyl (C=O) groups excluding carboxylic acids is 1. The van der Waals surface area contributed by atoms with Crippen molar-refractivity contribution in [2.45, 2.75) is 17.2 Å². The van der Waals surface area contributed by atoms with Gasteiger partial charge in [-0.3, -0.25) is 4.79 Å². The van der Waals surface area contributed by atoms with Crippen LogP contribution in [0.3, 0.4) is 0 Å². The molecular formula is C10H17N3O3S2. The molecule has 1 rings (SSSR count). The van der Waals surface area contributed by atoms with Crippen molar-refractivity contribution in [1.82, 2.24) is 15.4 Å². The minimum atomic E-state index is -3.38. The minimum Gasteiger partial charge on any atom is -0.351 e. The monoisotopic (exact) mass is 291 g/mol. The van der Waals surface area contributed by atoms with E-state index in [1.54, 1.807) is 13.1 Å². The van der Waals surface area contributed by atoms with Crippen LogP contribution in [0.2, 0.25) is 0 Å².